The molecule has 2 aromatic rings. The Kier molecular flexibility index (Phi) is 3.90. The summed E-state index contributed by atoms with van der Waals surface area (Å²) in [5.41, 5.74) is 4.41. The summed E-state index contributed by atoms with van der Waals surface area (Å²) in [7, 11) is 3.83. The van der Waals surface area contributed by atoms with E-state index in [0.29, 0.717) is 0 Å². The van der Waals surface area contributed by atoms with Gasteiger partial charge in [-0.2, -0.15) is 5.10 Å². The summed E-state index contributed by atoms with van der Waals surface area (Å²) in [6.07, 6.45) is 0. The summed E-state index contributed by atoms with van der Waals surface area (Å²) in [5, 5.41) is 7.59. The van der Waals surface area contributed by atoms with E-state index in [1.54, 1.807) is 4.68 Å². The molecule has 0 aliphatic heterocycles. The smallest absolute Gasteiger partial charge is 0.222 e. The molecule has 4 nitrogen and oxygen atoms in total. The second-order valence-corrected chi connectivity index (χ2v) is 4.89. The molecule has 4 heteroatoms. The number of aryl methyl sites for hydroxylation is 4. The second kappa shape index (κ2) is 5.45. The Morgan fingerprint density at radius 2 is 2.00 bits per heavy atom. The first-order valence-corrected chi connectivity index (χ1v) is 6.45. The summed E-state index contributed by atoms with van der Waals surface area (Å²) in [5.74, 6) is 1.70. The van der Waals surface area contributed by atoms with Gasteiger partial charge >= 0.3 is 0 Å². The highest BCUT2D eigenvalue weighted by molar-refractivity contribution is 5.41. The van der Waals surface area contributed by atoms with Gasteiger partial charge in [-0.1, -0.05) is 12.1 Å². The van der Waals surface area contributed by atoms with Gasteiger partial charge in [-0.05, 0) is 45.0 Å². The van der Waals surface area contributed by atoms with Crippen LogP contribution in [0.5, 0.6) is 11.6 Å². The lowest BCUT2D eigenvalue weighted by Gasteiger charge is -2.11. The zero-order valence-corrected chi connectivity index (χ0v) is 12.2. The van der Waals surface area contributed by atoms with E-state index in [1.807, 2.05) is 21.0 Å². The Hall–Kier alpha value is -1.81. The van der Waals surface area contributed by atoms with Gasteiger partial charge in [0.15, 0.2) is 0 Å². The fourth-order valence-corrected chi connectivity index (χ4v) is 2.11. The number of rotatable bonds is 4. The van der Waals surface area contributed by atoms with E-state index < -0.39 is 0 Å². The molecule has 0 atom stereocenters. The molecule has 0 bridgehead atoms. The molecular formula is C15H21N3O. The van der Waals surface area contributed by atoms with Gasteiger partial charge in [0.05, 0.1) is 11.3 Å². The molecular weight excluding hydrogens is 238 g/mol. The molecule has 2 rings (SSSR count). The predicted molar refractivity (Wildman–Crippen MR) is 76.7 cm³/mol. The highest BCUT2D eigenvalue weighted by Crippen LogP contribution is 2.29. The predicted octanol–water partition coefficient (Wildman–Crippen LogP) is 2.86. The maximum atomic E-state index is 6.09. The average Bonchev–Trinajstić information content (AvgIpc) is 2.61. The quantitative estimate of drug-likeness (QED) is 0.917. The molecule has 1 aromatic heterocycles. The molecule has 0 unspecified atom stereocenters. The van der Waals surface area contributed by atoms with E-state index in [1.165, 1.54) is 5.56 Å². The number of benzene rings is 1. The second-order valence-electron chi connectivity index (χ2n) is 4.89. The van der Waals surface area contributed by atoms with Crippen molar-refractivity contribution in [3.63, 3.8) is 0 Å². The Balaban J connectivity index is 2.40. The van der Waals surface area contributed by atoms with Gasteiger partial charge in [0.2, 0.25) is 5.88 Å². The molecule has 1 N–H and O–H groups in total. The summed E-state index contributed by atoms with van der Waals surface area (Å²) < 4.78 is 7.88. The van der Waals surface area contributed by atoms with E-state index in [2.05, 4.69) is 42.5 Å². The van der Waals surface area contributed by atoms with Crippen molar-refractivity contribution in [3.8, 4) is 11.6 Å². The summed E-state index contributed by atoms with van der Waals surface area (Å²) in [6.45, 7) is 6.87. The molecule has 0 fully saturated rings. The van der Waals surface area contributed by atoms with Crippen LogP contribution in [0.3, 0.4) is 0 Å². The first-order chi connectivity index (χ1) is 9.02. The van der Waals surface area contributed by atoms with Crippen molar-refractivity contribution in [3.05, 3.63) is 40.6 Å². The molecule has 1 heterocycles. The van der Waals surface area contributed by atoms with Crippen molar-refractivity contribution in [1.29, 1.82) is 0 Å². The SMILES string of the molecule is CNCc1c(C)nn(C)c1Oc1cc(C)ccc1C. The van der Waals surface area contributed by atoms with Gasteiger partial charge in [-0.3, -0.25) is 0 Å². The van der Waals surface area contributed by atoms with E-state index in [-0.39, 0.29) is 0 Å². The third-order valence-corrected chi connectivity index (χ3v) is 3.19. The summed E-state index contributed by atoms with van der Waals surface area (Å²) >= 11 is 0. The molecule has 0 aliphatic rings. The fourth-order valence-electron chi connectivity index (χ4n) is 2.11. The van der Waals surface area contributed by atoms with Crippen LogP contribution in [0.15, 0.2) is 18.2 Å². The van der Waals surface area contributed by atoms with Crippen LogP contribution in [0.25, 0.3) is 0 Å². The molecule has 0 spiro atoms. The van der Waals surface area contributed by atoms with E-state index >= 15 is 0 Å². The number of hydrogen-bond acceptors (Lipinski definition) is 3. The van der Waals surface area contributed by atoms with Crippen LogP contribution in [0.1, 0.15) is 22.4 Å². The maximum absolute atomic E-state index is 6.09. The fraction of sp³-hybridized carbons (Fsp3) is 0.400. The van der Waals surface area contributed by atoms with Crippen LogP contribution in [0.4, 0.5) is 0 Å². The topological polar surface area (TPSA) is 39.1 Å². The lowest BCUT2D eigenvalue weighted by Crippen LogP contribution is -2.07. The third kappa shape index (κ3) is 2.79. The molecule has 1 aromatic carbocycles. The van der Waals surface area contributed by atoms with Crippen molar-refractivity contribution in [2.45, 2.75) is 27.3 Å². The molecule has 0 saturated heterocycles. The highest BCUT2D eigenvalue weighted by Gasteiger charge is 2.15. The maximum Gasteiger partial charge on any atom is 0.222 e. The lowest BCUT2D eigenvalue weighted by atomic mass is 10.1. The number of aromatic nitrogens is 2. The van der Waals surface area contributed by atoms with Crippen LogP contribution in [-0.4, -0.2) is 16.8 Å². The van der Waals surface area contributed by atoms with Crippen LogP contribution < -0.4 is 10.1 Å². The van der Waals surface area contributed by atoms with Crippen molar-refractivity contribution < 1.29 is 4.74 Å². The lowest BCUT2D eigenvalue weighted by molar-refractivity contribution is 0.421. The largest absolute Gasteiger partial charge is 0.439 e. The Morgan fingerprint density at radius 1 is 1.26 bits per heavy atom. The normalized spacial score (nSPS) is 10.8. The molecule has 0 radical (unpaired) electrons. The summed E-state index contributed by atoms with van der Waals surface area (Å²) in [6, 6.07) is 6.22. The Bertz CT molecular complexity index is 587. The first-order valence-electron chi connectivity index (χ1n) is 6.45. The molecule has 0 aliphatic carbocycles. The highest BCUT2D eigenvalue weighted by atomic mass is 16.5. The van der Waals surface area contributed by atoms with Gasteiger partial charge in [-0.15, -0.1) is 0 Å². The molecule has 19 heavy (non-hydrogen) atoms. The number of hydrogen-bond donors (Lipinski definition) is 1. The first kappa shape index (κ1) is 13.6. The van der Waals surface area contributed by atoms with Crippen LogP contribution in [0.2, 0.25) is 0 Å². The zero-order chi connectivity index (χ0) is 14.0. The Labute approximate surface area is 114 Å². The van der Waals surface area contributed by atoms with Gasteiger partial charge in [0.25, 0.3) is 0 Å². The number of nitrogens with one attached hydrogen (secondary N) is 1. The van der Waals surface area contributed by atoms with E-state index in [9.17, 15) is 0 Å². The summed E-state index contributed by atoms with van der Waals surface area (Å²) in [4.78, 5) is 0. The third-order valence-electron chi connectivity index (χ3n) is 3.19. The molecule has 0 saturated carbocycles. The molecule has 0 amide bonds. The van der Waals surface area contributed by atoms with Gasteiger partial charge < -0.3 is 10.1 Å². The van der Waals surface area contributed by atoms with Crippen molar-refractivity contribution in [1.82, 2.24) is 15.1 Å². The zero-order valence-electron chi connectivity index (χ0n) is 12.2. The number of ether oxygens (including phenoxy) is 1. The Morgan fingerprint density at radius 3 is 2.68 bits per heavy atom. The van der Waals surface area contributed by atoms with Gasteiger partial charge in [-0.25, -0.2) is 4.68 Å². The van der Waals surface area contributed by atoms with Crippen LogP contribution in [0, 0.1) is 20.8 Å². The van der Waals surface area contributed by atoms with Gasteiger partial charge in [0.1, 0.15) is 5.75 Å². The average molecular weight is 259 g/mol. The monoisotopic (exact) mass is 259 g/mol. The number of nitrogens with zero attached hydrogens (tertiary/aromatic N) is 2. The van der Waals surface area contributed by atoms with Gasteiger partial charge in [0, 0.05) is 13.6 Å². The van der Waals surface area contributed by atoms with Crippen molar-refractivity contribution in [2.75, 3.05) is 7.05 Å². The molecule has 102 valence electrons. The van der Waals surface area contributed by atoms with E-state index in [0.717, 1.165) is 35.0 Å². The minimum Gasteiger partial charge on any atom is -0.439 e. The minimum absolute atomic E-state index is 0.750. The van der Waals surface area contributed by atoms with Crippen LogP contribution >= 0.6 is 0 Å². The minimum atomic E-state index is 0.750. The standard InChI is InChI=1S/C15H21N3O/c1-10-6-7-11(2)14(8-10)19-15-13(9-16-4)12(3)17-18(15)5/h6-8,16H,9H2,1-5H3. The van der Waals surface area contributed by atoms with Crippen LogP contribution in [-0.2, 0) is 13.6 Å². The van der Waals surface area contributed by atoms with Crippen molar-refractivity contribution >= 4 is 0 Å². The van der Waals surface area contributed by atoms with Crippen molar-refractivity contribution in [2.24, 2.45) is 7.05 Å². The van der Waals surface area contributed by atoms with E-state index in [4.69, 9.17) is 4.74 Å².